The maximum absolute atomic E-state index is 12.5. The summed E-state index contributed by atoms with van der Waals surface area (Å²) in [6.45, 7) is 0. The Morgan fingerprint density at radius 2 is 2.00 bits per heavy atom. The van der Waals surface area contributed by atoms with Crippen LogP contribution < -0.4 is 14.8 Å². The van der Waals surface area contributed by atoms with Gasteiger partial charge >= 0.3 is 0 Å². The first-order valence-electron chi connectivity index (χ1n) is 7.22. The zero-order valence-electron chi connectivity index (χ0n) is 13.0. The number of anilines is 1. The summed E-state index contributed by atoms with van der Waals surface area (Å²) in [5.41, 5.74) is 2.76. The number of rotatable bonds is 4. The number of benzene rings is 1. The monoisotopic (exact) mass is 301 g/mol. The van der Waals surface area contributed by atoms with Gasteiger partial charge in [0.15, 0.2) is 11.5 Å². The van der Waals surface area contributed by atoms with Gasteiger partial charge < -0.3 is 14.8 Å². The number of aryl methyl sites for hydroxylation is 2. The number of carbonyl (C=O) groups is 1. The van der Waals surface area contributed by atoms with Crippen LogP contribution >= 0.6 is 0 Å². The van der Waals surface area contributed by atoms with Crippen LogP contribution in [0.3, 0.4) is 0 Å². The average molecular weight is 301 g/mol. The second kappa shape index (κ2) is 5.71. The molecule has 1 aromatic heterocycles. The third-order valence-corrected chi connectivity index (χ3v) is 3.95. The number of aromatic nitrogens is 2. The normalized spacial score (nSPS) is 12.9. The van der Waals surface area contributed by atoms with E-state index in [9.17, 15) is 4.79 Å². The van der Waals surface area contributed by atoms with Crippen LogP contribution in [-0.4, -0.2) is 29.9 Å². The van der Waals surface area contributed by atoms with E-state index in [1.807, 2.05) is 7.05 Å². The molecule has 0 aliphatic heterocycles. The van der Waals surface area contributed by atoms with Crippen molar-refractivity contribution >= 4 is 11.7 Å². The molecule has 3 rings (SSSR count). The summed E-state index contributed by atoms with van der Waals surface area (Å²) in [6, 6.07) is 5.11. The van der Waals surface area contributed by atoms with Gasteiger partial charge in [-0.1, -0.05) is 0 Å². The molecule has 1 aliphatic rings. The summed E-state index contributed by atoms with van der Waals surface area (Å²) in [5.74, 6) is 1.73. The number of nitrogens with one attached hydrogen (secondary N) is 1. The van der Waals surface area contributed by atoms with Gasteiger partial charge in [0.05, 0.1) is 19.9 Å². The van der Waals surface area contributed by atoms with E-state index in [0.717, 1.165) is 36.3 Å². The van der Waals surface area contributed by atoms with Gasteiger partial charge in [0.1, 0.15) is 5.82 Å². The van der Waals surface area contributed by atoms with E-state index in [2.05, 4.69) is 10.4 Å². The minimum atomic E-state index is -0.182. The van der Waals surface area contributed by atoms with Crippen LogP contribution in [0.2, 0.25) is 0 Å². The lowest BCUT2D eigenvalue weighted by Gasteiger charge is -2.11. The topological polar surface area (TPSA) is 65.4 Å². The second-order valence-corrected chi connectivity index (χ2v) is 5.27. The molecule has 22 heavy (non-hydrogen) atoms. The maximum Gasteiger partial charge on any atom is 0.256 e. The van der Waals surface area contributed by atoms with Gasteiger partial charge in [0.2, 0.25) is 0 Å². The Morgan fingerprint density at radius 3 is 2.73 bits per heavy atom. The van der Waals surface area contributed by atoms with E-state index in [0.29, 0.717) is 17.1 Å². The lowest BCUT2D eigenvalue weighted by molar-refractivity contribution is 0.102. The number of ether oxygens (including phenoxy) is 2. The summed E-state index contributed by atoms with van der Waals surface area (Å²) in [7, 11) is 4.96. The molecule has 0 unspecified atom stereocenters. The molecular weight excluding hydrogens is 282 g/mol. The predicted molar refractivity (Wildman–Crippen MR) is 82.7 cm³/mol. The maximum atomic E-state index is 12.5. The number of hydrogen-bond acceptors (Lipinski definition) is 4. The molecule has 0 atom stereocenters. The Bertz CT molecular complexity index is 722. The van der Waals surface area contributed by atoms with Crippen molar-refractivity contribution in [1.29, 1.82) is 0 Å². The molecule has 2 aromatic rings. The molecule has 1 aromatic carbocycles. The van der Waals surface area contributed by atoms with Crippen LogP contribution in [0.1, 0.15) is 28.0 Å². The summed E-state index contributed by atoms with van der Waals surface area (Å²) in [6.07, 6.45) is 3.04. The highest BCUT2D eigenvalue weighted by atomic mass is 16.5. The molecule has 0 bridgehead atoms. The molecular formula is C16H19N3O3. The fourth-order valence-electron chi connectivity index (χ4n) is 2.83. The summed E-state index contributed by atoms with van der Waals surface area (Å²) in [5, 5.41) is 7.42. The van der Waals surface area contributed by atoms with E-state index in [4.69, 9.17) is 9.47 Å². The number of fused-ring (bicyclic) bond motifs is 1. The third kappa shape index (κ3) is 2.41. The fraction of sp³-hybridized carbons (Fsp3) is 0.375. The van der Waals surface area contributed by atoms with Crippen LogP contribution in [0.15, 0.2) is 18.2 Å². The van der Waals surface area contributed by atoms with Gasteiger partial charge in [-0.15, -0.1) is 0 Å². The Morgan fingerprint density at radius 1 is 1.23 bits per heavy atom. The SMILES string of the molecule is COc1ccc(C(=O)Nc2c3c(nn2C)CCC3)cc1OC. The third-order valence-electron chi connectivity index (χ3n) is 3.95. The lowest BCUT2D eigenvalue weighted by atomic mass is 10.2. The van der Waals surface area contributed by atoms with Crippen molar-refractivity contribution in [3.63, 3.8) is 0 Å². The Hall–Kier alpha value is -2.50. The number of hydrogen-bond donors (Lipinski definition) is 1. The van der Waals surface area contributed by atoms with E-state index in [1.165, 1.54) is 0 Å². The van der Waals surface area contributed by atoms with Gasteiger partial charge in [-0.25, -0.2) is 0 Å². The Kier molecular flexibility index (Phi) is 3.75. The second-order valence-electron chi connectivity index (χ2n) is 5.27. The Labute approximate surface area is 129 Å². The zero-order chi connectivity index (χ0) is 15.7. The van der Waals surface area contributed by atoms with Crippen molar-refractivity contribution in [2.24, 2.45) is 7.05 Å². The van der Waals surface area contributed by atoms with Crippen LogP contribution in [0.4, 0.5) is 5.82 Å². The smallest absolute Gasteiger partial charge is 0.256 e. The quantitative estimate of drug-likeness (QED) is 0.940. The molecule has 0 radical (unpaired) electrons. The van der Waals surface area contributed by atoms with Gasteiger partial charge in [-0.05, 0) is 37.5 Å². The van der Waals surface area contributed by atoms with E-state index in [1.54, 1.807) is 37.1 Å². The van der Waals surface area contributed by atoms with E-state index in [-0.39, 0.29) is 5.91 Å². The summed E-state index contributed by atoms with van der Waals surface area (Å²) >= 11 is 0. The van der Waals surface area contributed by atoms with Crippen molar-refractivity contribution in [1.82, 2.24) is 9.78 Å². The van der Waals surface area contributed by atoms with Gasteiger partial charge in [-0.2, -0.15) is 5.10 Å². The fourth-order valence-corrected chi connectivity index (χ4v) is 2.83. The standard InChI is InChI=1S/C16H19N3O3/c1-19-15(11-5-4-6-12(11)18-19)17-16(20)10-7-8-13(21-2)14(9-10)22-3/h7-9H,4-6H2,1-3H3,(H,17,20). The van der Waals surface area contributed by atoms with Gasteiger partial charge in [0, 0.05) is 18.2 Å². The number of carbonyl (C=O) groups excluding carboxylic acids is 1. The first-order chi connectivity index (χ1) is 10.6. The minimum absolute atomic E-state index is 0.182. The predicted octanol–water partition coefficient (Wildman–Crippen LogP) is 2.18. The molecule has 6 nitrogen and oxygen atoms in total. The van der Waals surface area contributed by atoms with E-state index >= 15 is 0 Å². The molecule has 0 saturated carbocycles. The largest absolute Gasteiger partial charge is 0.493 e. The Balaban J connectivity index is 1.86. The molecule has 0 spiro atoms. The van der Waals surface area contributed by atoms with E-state index < -0.39 is 0 Å². The van der Waals surface area contributed by atoms with Gasteiger partial charge in [0.25, 0.3) is 5.91 Å². The molecule has 116 valence electrons. The van der Waals surface area contributed by atoms with Crippen molar-refractivity contribution in [2.75, 3.05) is 19.5 Å². The molecule has 0 fully saturated rings. The van der Waals surface area contributed by atoms with Crippen molar-refractivity contribution in [3.05, 3.63) is 35.0 Å². The average Bonchev–Trinajstić information content (AvgIpc) is 3.09. The highest BCUT2D eigenvalue weighted by Gasteiger charge is 2.22. The van der Waals surface area contributed by atoms with Crippen LogP contribution in [0.25, 0.3) is 0 Å². The highest BCUT2D eigenvalue weighted by molar-refractivity contribution is 6.04. The van der Waals surface area contributed by atoms with Crippen molar-refractivity contribution in [2.45, 2.75) is 19.3 Å². The molecule has 6 heteroatoms. The molecule has 1 aliphatic carbocycles. The number of methoxy groups -OCH3 is 2. The number of amides is 1. The van der Waals surface area contributed by atoms with Crippen molar-refractivity contribution in [3.8, 4) is 11.5 Å². The molecule has 1 amide bonds. The minimum Gasteiger partial charge on any atom is -0.493 e. The van der Waals surface area contributed by atoms with Crippen LogP contribution in [0.5, 0.6) is 11.5 Å². The van der Waals surface area contributed by atoms with Crippen LogP contribution in [-0.2, 0) is 19.9 Å². The lowest BCUT2D eigenvalue weighted by Crippen LogP contribution is -2.16. The van der Waals surface area contributed by atoms with Gasteiger partial charge in [-0.3, -0.25) is 9.48 Å². The highest BCUT2D eigenvalue weighted by Crippen LogP contribution is 2.30. The zero-order valence-corrected chi connectivity index (χ0v) is 13.0. The summed E-state index contributed by atoms with van der Waals surface area (Å²) < 4.78 is 12.2. The first kappa shape index (κ1) is 14.4. The summed E-state index contributed by atoms with van der Waals surface area (Å²) in [4.78, 5) is 12.5. The molecule has 1 N–H and O–H groups in total. The van der Waals surface area contributed by atoms with Crippen LogP contribution in [0, 0.1) is 0 Å². The molecule has 1 heterocycles. The van der Waals surface area contributed by atoms with Crippen molar-refractivity contribution < 1.29 is 14.3 Å². The number of nitrogens with zero attached hydrogens (tertiary/aromatic N) is 2. The molecule has 0 saturated heterocycles. The first-order valence-corrected chi connectivity index (χ1v) is 7.22.